The van der Waals surface area contributed by atoms with Gasteiger partial charge in [-0.05, 0) is 18.2 Å². The van der Waals surface area contributed by atoms with Gasteiger partial charge in [0, 0.05) is 0 Å². The molecule has 16 heavy (non-hydrogen) atoms. The van der Waals surface area contributed by atoms with Crippen molar-refractivity contribution in [2.75, 3.05) is 13.9 Å². The Morgan fingerprint density at radius 3 is 2.56 bits per heavy atom. The molecule has 1 aliphatic rings. The molecule has 0 unspecified atom stereocenters. The van der Waals surface area contributed by atoms with Gasteiger partial charge >= 0.3 is 5.97 Å². The molecule has 1 aromatic rings. The molecular weight excluding hydrogens is 208 g/mol. The summed E-state index contributed by atoms with van der Waals surface area (Å²) >= 11 is 0. The predicted molar refractivity (Wildman–Crippen MR) is 59.9 cm³/mol. The molecule has 1 aliphatic heterocycles. The molecule has 1 aromatic carbocycles. The van der Waals surface area contributed by atoms with Crippen LogP contribution in [-0.2, 0) is 4.74 Å². The van der Waals surface area contributed by atoms with Crippen molar-refractivity contribution in [2.24, 2.45) is 0 Å². The van der Waals surface area contributed by atoms with Gasteiger partial charge in [-0.2, -0.15) is 0 Å². The quantitative estimate of drug-likeness (QED) is 0.688. The van der Waals surface area contributed by atoms with E-state index in [-0.39, 0.29) is 12.8 Å². The van der Waals surface area contributed by atoms with Gasteiger partial charge in [0.1, 0.15) is 0 Å². The van der Waals surface area contributed by atoms with Crippen LogP contribution in [0.2, 0.25) is 0 Å². The van der Waals surface area contributed by atoms with Crippen molar-refractivity contribution in [2.45, 2.75) is 20.3 Å². The van der Waals surface area contributed by atoms with Crippen LogP contribution in [0.15, 0.2) is 18.2 Å². The third-order valence-electron chi connectivity index (χ3n) is 1.79. The van der Waals surface area contributed by atoms with E-state index in [0.29, 0.717) is 17.1 Å². The first-order chi connectivity index (χ1) is 7.72. The van der Waals surface area contributed by atoms with Gasteiger partial charge in [0.25, 0.3) is 0 Å². The van der Waals surface area contributed by atoms with E-state index in [1.807, 2.05) is 0 Å². The number of fused-ring (bicyclic) bond motifs is 1. The first-order valence-corrected chi connectivity index (χ1v) is 5.20. The van der Waals surface area contributed by atoms with Gasteiger partial charge < -0.3 is 14.2 Å². The van der Waals surface area contributed by atoms with Gasteiger partial charge in [-0.1, -0.05) is 20.3 Å². The zero-order valence-electron chi connectivity index (χ0n) is 9.78. The van der Waals surface area contributed by atoms with Gasteiger partial charge in [0.2, 0.25) is 6.79 Å². The molecule has 0 atom stereocenters. The SMILES string of the molecule is CCC.COC(=O)c1ccc2c(c1)OCO2. The summed E-state index contributed by atoms with van der Waals surface area (Å²) in [6.07, 6.45) is 1.25. The summed E-state index contributed by atoms with van der Waals surface area (Å²) in [6.45, 7) is 4.46. The number of hydrogen-bond acceptors (Lipinski definition) is 4. The Kier molecular flexibility index (Phi) is 4.64. The van der Waals surface area contributed by atoms with Gasteiger partial charge in [-0.3, -0.25) is 0 Å². The smallest absolute Gasteiger partial charge is 0.337 e. The summed E-state index contributed by atoms with van der Waals surface area (Å²) in [5.74, 6) is 0.869. The van der Waals surface area contributed by atoms with E-state index in [2.05, 4.69) is 18.6 Å². The molecule has 0 fully saturated rings. The number of esters is 1. The van der Waals surface area contributed by atoms with Crippen LogP contribution in [0.4, 0.5) is 0 Å². The lowest BCUT2D eigenvalue weighted by atomic mass is 10.2. The molecule has 0 aromatic heterocycles. The summed E-state index contributed by atoms with van der Waals surface area (Å²) < 4.78 is 14.8. The lowest BCUT2D eigenvalue weighted by molar-refractivity contribution is 0.0600. The topological polar surface area (TPSA) is 44.8 Å². The van der Waals surface area contributed by atoms with Crippen LogP contribution in [0.3, 0.4) is 0 Å². The minimum atomic E-state index is -0.377. The van der Waals surface area contributed by atoms with E-state index in [1.165, 1.54) is 13.5 Å². The van der Waals surface area contributed by atoms with Crippen molar-refractivity contribution in [3.8, 4) is 11.5 Å². The first kappa shape index (κ1) is 12.4. The summed E-state index contributed by atoms with van der Waals surface area (Å²) in [5.41, 5.74) is 0.465. The lowest BCUT2D eigenvalue weighted by Crippen LogP contribution is -2.00. The minimum absolute atomic E-state index is 0.208. The average molecular weight is 224 g/mol. The molecular formula is C12H16O4. The molecule has 0 saturated heterocycles. The molecule has 0 amide bonds. The maximum Gasteiger partial charge on any atom is 0.337 e. The summed E-state index contributed by atoms with van der Waals surface area (Å²) in [5, 5.41) is 0. The fourth-order valence-electron chi connectivity index (χ4n) is 1.14. The van der Waals surface area contributed by atoms with Crippen molar-refractivity contribution < 1.29 is 19.0 Å². The molecule has 0 aliphatic carbocycles. The van der Waals surface area contributed by atoms with Crippen LogP contribution < -0.4 is 9.47 Å². The van der Waals surface area contributed by atoms with E-state index in [9.17, 15) is 4.79 Å². The van der Waals surface area contributed by atoms with Crippen molar-refractivity contribution in [3.05, 3.63) is 23.8 Å². The molecule has 4 heteroatoms. The Bertz CT molecular complexity index is 360. The second-order valence-electron chi connectivity index (χ2n) is 3.27. The van der Waals surface area contributed by atoms with E-state index < -0.39 is 0 Å². The highest BCUT2D eigenvalue weighted by molar-refractivity contribution is 5.90. The number of benzene rings is 1. The summed E-state index contributed by atoms with van der Waals surface area (Å²) in [6, 6.07) is 4.93. The minimum Gasteiger partial charge on any atom is -0.465 e. The van der Waals surface area contributed by atoms with E-state index in [4.69, 9.17) is 9.47 Å². The second-order valence-corrected chi connectivity index (χ2v) is 3.27. The number of hydrogen-bond donors (Lipinski definition) is 0. The fourth-order valence-corrected chi connectivity index (χ4v) is 1.14. The number of ether oxygens (including phenoxy) is 3. The highest BCUT2D eigenvalue weighted by Crippen LogP contribution is 2.32. The van der Waals surface area contributed by atoms with E-state index >= 15 is 0 Å². The average Bonchev–Trinajstić information content (AvgIpc) is 2.75. The molecule has 88 valence electrons. The van der Waals surface area contributed by atoms with Gasteiger partial charge in [0.05, 0.1) is 12.7 Å². The highest BCUT2D eigenvalue weighted by Gasteiger charge is 2.15. The van der Waals surface area contributed by atoms with Crippen LogP contribution in [0.5, 0.6) is 11.5 Å². The lowest BCUT2D eigenvalue weighted by Gasteiger charge is -1.99. The molecule has 2 rings (SSSR count). The molecule has 0 radical (unpaired) electrons. The second kappa shape index (κ2) is 6.00. The molecule has 1 heterocycles. The predicted octanol–water partition coefficient (Wildman–Crippen LogP) is 2.62. The van der Waals surface area contributed by atoms with E-state index in [0.717, 1.165) is 0 Å². The Morgan fingerprint density at radius 1 is 1.31 bits per heavy atom. The highest BCUT2D eigenvalue weighted by atomic mass is 16.7. The third-order valence-corrected chi connectivity index (χ3v) is 1.79. The van der Waals surface area contributed by atoms with Crippen LogP contribution in [0.25, 0.3) is 0 Å². The molecule has 4 nitrogen and oxygen atoms in total. The van der Waals surface area contributed by atoms with Crippen LogP contribution >= 0.6 is 0 Å². The standard InChI is InChI=1S/C9H8O4.C3H8/c1-11-9(10)6-2-3-7-8(4-6)13-5-12-7;1-3-2/h2-4H,5H2,1H3;3H2,1-2H3. The van der Waals surface area contributed by atoms with Crippen LogP contribution in [0.1, 0.15) is 30.6 Å². The summed E-state index contributed by atoms with van der Waals surface area (Å²) in [7, 11) is 1.34. The van der Waals surface area contributed by atoms with Crippen molar-refractivity contribution >= 4 is 5.97 Å². The zero-order chi connectivity index (χ0) is 12.0. The van der Waals surface area contributed by atoms with Crippen molar-refractivity contribution in [1.29, 1.82) is 0 Å². The van der Waals surface area contributed by atoms with Crippen LogP contribution in [-0.4, -0.2) is 19.9 Å². The van der Waals surface area contributed by atoms with Crippen molar-refractivity contribution in [3.63, 3.8) is 0 Å². The number of carbonyl (C=O) groups is 1. The maximum atomic E-state index is 11.1. The van der Waals surface area contributed by atoms with Gasteiger partial charge in [-0.25, -0.2) is 4.79 Å². The van der Waals surface area contributed by atoms with Gasteiger partial charge in [0.15, 0.2) is 11.5 Å². The van der Waals surface area contributed by atoms with E-state index in [1.54, 1.807) is 18.2 Å². The monoisotopic (exact) mass is 224 g/mol. The zero-order valence-corrected chi connectivity index (χ0v) is 9.78. The largest absolute Gasteiger partial charge is 0.465 e. The maximum absolute atomic E-state index is 11.1. The summed E-state index contributed by atoms with van der Waals surface area (Å²) in [4.78, 5) is 11.1. The Balaban J connectivity index is 0.000000386. The molecule has 0 spiro atoms. The van der Waals surface area contributed by atoms with Crippen LogP contribution in [0, 0.1) is 0 Å². The number of rotatable bonds is 1. The fraction of sp³-hybridized carbons (Fsp3) is 0.417. The Morgan fingerprint density at radius 2 is 1.94 bits per heavy atom. The number of carbonyl (C=O) groups excluding carboxylic acids is 1. The first-order valence-electron chi connectivity index (χ1n) is 5.20. The van der Waals surface area contributed by atoms with Gasteiger partial charge in [-0.15, -0.1) is 0 Å². The normalized spacial score (nSPS) is 11.4. The molecule has 0 N–H and O–H groups in total. The third kappa shape index (κ3) is 2.89. The Hall–Kier alpha value is -1.71. The Labute approximate surface area is 95.1 Å². The van der Waals surface area contributed by atoms with Crippen molar-refractivity contribution in [1.82, 2.24) is 0 Å². The molecule has 0 bridgehead atoms. The number of methoxy groups -OCH3 is 1. The molecule has 0 saturated carbocycles.